The Morgan fingerprint density at radius 2 is 1.88 bits per heavy atom. The fourth-order valence-electron chi connectivity index (χ4n) is 1.94. The standard InChI is InChI=1S/C15H17ClS/c16-15(11-14-9-10-17-12-14)8-4-7-13-5-2-1-3-6-13/h1-3,5-6,9-10,12,15H,4,7-8,11H2. The summed E-state index contributed by atoms with van der Waals surface area (Å²) in [6, 6.07) is 12.8. The van der Waals surface area contributed by atoms with Crippen molar-refractivity contribution >= 4 is 22.9 Å². The number of aryl methyl sites for hydroxylation is 1. The normalized spacial score (nSPS) is 12.5. The summed E-state index contributed by atoms with van der Waals surface area (Å²) in [5.74, 6) is 0. The lowest BCUT2D eigenvalue weighted by Gasteiger charge is -2.08. The minimum Gasteiger partial charge on any atom is -0.152 e. The third-order valence-electron chi connectivity index (χ3n) is 2.86. The van der Waals surface area contributed by atoms with Crippen LogP contribution in [0.25, 0.3) is 0 Å². The maximum Gasteiger partial charge on any atom is 0.0376 e. The van der Waals surface area contributed by atoms with Crippen LogP contribution in [-0.4, -0.2) is 5.38 Å². The maximum atomic E-state index is 6.34. The Bertz CT molecular complexity index is 408. The lowest BCUT2D eigenvalue weighted by atomic mass is 10.0. The predicted molar refractivity (Wildman–Crippen MR) is 77.0 cm³/mol. The highest BCUT2D eigenvalue weighted by molar-refractivity contribution is 7.07. The summed E-state index contributed by atoms with van der Waals surface area (Å²) in [6.07, 6.45) is 4.39. The van der Waals surface area contributed by atoms with Crippen molar-refractivity contribution in [1.82, 2.24) is 0 Å². The molecule has 2 rings (SSSR count). The largest absolute Gasteiger partial charge is 0.152 e. The van der Waals surface area contributed by atoms with Gasteiger partial charge in [0.2, 0.25) is 0 Å². The monoisotopic (exact) mass is 264 g/mol. The Morgan fingerprint density at radius 3 is 2.59 bits per heavy atom. The maximum absolute atomic E-state index is 6.34. The van der Waals surface area contributed by atoms with Crippen LogP contribution in [0.15, 0.2) is 47.2 Å². The minimum atomic E-state index is 0.272. The molecule has 17 heavy (non-hydrogen) atoms. The minimum absolute atomic E-state index is 0.272. The van der Waals surface area contributed by atoms with Gasteiger partial charge in [-0.25, -0.2) is 0 Å². The Balaban J connectivity index is 1.68. The van der Waals surface area contributed by atoms with E-state index in [-0.39, 0.29) is 5.38 Å². The molecule has 1 unspecified atom stereocenters. The van der Waals surface area contributed by atoms with Crippen LogP contribution in [0.2, 0.25) is 0 Å². The van der Waals surface area contributed by atoms with Gasteiger partial charge >= 0.3 is 0 Å². The molecule has 2 heteroatoms. The molecule has 0 N–H and O–H groups in total. The van der Waals surface area contributed by atoms with E-state index in [1.165, 1.54) is 17.5 Å². The van der Waals surface area contributed by atoms with E-state index < -0.39 is 0 Å². The first-order valence-corrected chi connectivity index (χ1v) is 7.41. The van der Waals surface area contributed by atoms with Crippen LogP contribution in [0, 0.1) is 0 Å². The number of rotatable bonds is 6. The second-order valence-corrected chi connectivity index (χ2v) is 5.71. The predicted octanol–water partition coefficient (Wildman–Crippen LogP) is 4.92. The SMILES string of the molecule is ClC(CCCc1ccccc1)Cc1ccsc1. The third-order valence-corrected chi connectivity index (χ3v) is 3.97. The molecule has 1 heterocycles. The van der Waals surface area contributed by atoms with Crippen LogP contribution in [0.4, 0.5) is 0 Å². The molecule has 1 aromatic heterocycles. The van der Waals surface area contributed by atoms with Crippen LogP contribution < -0.4 is 0 Å². The van der Waals surface area contributed by atoms with Crippen LogP contribution >= 0.6 is 22.9 Å². The summed E-state index contributed by atoms with van der Waals surface area (Å²) in [6.45, 7) is 0. The zero-order valence-electron chi connectivity index (χ0n) is 9.81. The van der Waals surface area contributed by atoms with Gasteiger partial charge in [0.25, 0.3) is 0 Å². The van der Waals surface area contributed by atoms with Gasteiger partial charge in [-0.05, 0) is 53.6 Å². The molecule has 1 aromatic carbocycles. The zero-order valence-corrected chi connectivity index (χ0v) is 11.4. The number of alkyl halides is 1. The van der Waals surface area contributed by atoms with E-state index in [4.69, 9.17) is 11.6 Å². The van der Waals surface area contributed by atoms with Gasteiger partial charge in [0.1, 0.15) is 0 Å². The Morgan fingerprint density at radius 1 is 1.06 bits per heavy atom. The highest BCUT2D eigenvalue weighted by atomic mass is 35.5. The number of thiophene rings is 1. The highest BCUT2D eigenvalue weighted by Gasteiger charge is 2.06. The first-order valence-electron chi connectivity index (χ1n) is 6.03. The van der Waals surface area contributed by atoms with Crippen molar-refractivity contribution < 1.29 is 0 Å². The lowest BCUT2D eigenvalue weighted by molar-refractivity contribution is 0.687. The van der Waals surface area contributed by atoms with Gasteiger partial charge in [0.05, 0.1) is 0 Å². The van der Waals surface area contributed by atoms with Crippen molar-refractivity contribution in [2.24, 2.45) is 0 Å². The molecule has 0 aliphatic heterocycles. The van der Waals surface area contributed by atoms with Gasteiger partial charge in [-0.3, -0.25) is 0 Å². The fraction of sp³-hybridized carbons (Fsp3) is 0.333. The molecule has 0 saturated carbocycles. The first kappa shape index (κ1) is 12.7. The summed E-state index contributed by atoms with van der Waals surface area (Å²) in [5, 5.41) is 4.57. The van der Waals surface area contributed by atoms with Crippen molar-refractivity contribution in [1.29, 1.82) is 0 Å². The summed E-state index contributed by atoms with van der Waals surface area (Å²) in [7, 11) is 0. The summed E-state index contributed by atoms with van der Waals surface area (Å²) in [4.78, 5) is 0. The molecule has 2 aromatic rings. The van der Waals surface area contributed by atoms with Crippen molar-refractivity contribution in [2.75, 3.05) is 0 Å². The van der Waals surface area contributed by atoms with Gasteiger partial charge in [0, 0.05) is 5.38 Å². The average molecular weight is 265 g/mol. The van der Waals surface area contributed by atoms with Crippen LogP contribution in [-0.2, 0) is 12.8 Å². The fourth-order valence-corrected chi connectivity index (χ4v) is 2.95. The number of hydrogen-bond donors (Lipinski definition) is 0. The molecule has 0 nitrogen and oxygen atoms in total. The van der Waals surface area contributed by atoms with Crippen molar-refractivity contribution in [2.45, 2.75) is 31.1 Å². The van der Waals surface area contributed by atoms with Gasteiger partial charge in [0.15, 0.2) is 0 Å². The van der Waals surface area contributed by atoms with E-state index >= 15 is 0 Å². The number of halogens is 1. The van der Waals surface area contributed by atoms with Gasteiger partial charge in [-0.15, -0.1) is 11.6 Å². The molecule has 90 valence electrons. The third kappa shape index (κ3) is 4.53. The van der Waals surface area contributed by atoms with Crippen LogP contribution in [0.3, 0.4) is 0 Å². The zero-order chi connectivity index (χ0) is 11.9. The smallest absolute Gasteiger partial charge is 0.0376 e. The molecule has 1 atom stereocenters. The van der Waals surface area contributed by atoms with Crippen LogP contribution in [0.1, 0.15) is 24.0 Å². The second kappa shape index (κ2) is 6.83. The molecule has 0 aliphatic carbocycles. The van der Waals surface area contributed by atoms with Crippen LogP contribution in [0.5, 0.6) is 0 Å². The number of hydrogen-bond acceptors (Lipinski definition) is 1. The Labute approximate surface area is 112 Å². The first-order chi connectivity index (χ1) is 8.34. The quantitative estimate of drug-likeness (QED) is 0.650. The van der Waals surface area contributed by atoms with E-state index in [1.54, 1.807) is 11.3 Å². The molecular formula is C15H17ClS. The van der Waals surface area contributed by atoms with Crippen molar-refractivity contribution in [3.8, 4) is 0 Å². The van der Waals surface area contributed by atoms with E-state index in [0.29, 0.717) is 0 Å². The van der Waals surface area contributed by atoms with Crippen molar-refractivity contribution in [3.63, 3.8) is 0 Å². The Hall–Kier alpha value is -0.790. The summed E-state index contributed by atoms with van der Waals surface area (Å²) in [5.41, 5.74) is 2.78. The van der Waals surface area contributed by atoms with Crippen molar-refractivity contribution in [3.05, 3.63) is 58.3 Å². The number of benzene rings is 1. The summed E-state index contributed by atoms with van der Waals surface area (Å²) >= 11 is 8.09. The average Bonchev–Trinajstić information content (AvgIpc) is 2.83. The van der Waals surface area contributed by atoms with E-state index in [0.717, 1.165) is 19.3 Å². The molecule has 0 bridgehead atoms. The molecule has 0 saturated heterocycles. The van der Waals surface area contributed by atoms with E-state index in [1.807, 2.05) is 0 Å². The molecular weight excluding hydrogens is 248 g/mol. The lowest BCUT2D eigenvalue weighted by Crippen LogP contribution is -2.03. The highest BCUT2D eigenvalue weighted by Crippen LogP contribution is 2.16. The Kier molecular flexibility index (Phi) is 5.08. The van der Waals surface area contributed by atoms with E-state index in [9.17, 15) is 0 Å². The summed E-state index contributed by atoms with van der Waals surface area (Å²) < 4.78 is 0. The molecule has 0 fully saturated rings. The second-order valence-electron chi connectivity index (χ2n) is 4.31. The van der Waals surface area contributed by atoms with E-state index in [2.05, 4.69) is 47.2 Å². The topological polar surface area (TPSA) is 0 Å². The van der Waals surface area contributed by atoms with Gasteiger partial charge in [-0.2, -0.15) is 11.3 Å². The van der Waals surface area contributed by atoms with Gasteiger partial charge < -0.3 is 0 Å². The van der Waals surface area contributed by atoms with Gasteiger partial charge in [-0.1, -0.05) is 30.3 Å². The molecule has 0 spiro atoms. The molecule has 0 amide bonds. The molecule has 0 radical (unpaired) electrons. The molecule has 0 aliphatic rings.